The summed E-state index contributed by atoms with van der Waals surface area (Å²) in [5, 5.41) is 0. The zero-order valence-electron chi connectivity index (χ0n) is 32.3. The zero-order valence-corrected chi connectivity index (χ0v) is 33.2. The topological polar surface area (TPSA) is 0 Å². The molecule has 2 fully saturated rings. The third kappa shape index (κ3) is 20.5. The fraction of sp³-hybridized carbons (Fsp3) is 1.00. The summed E-state index contributed by atoms with van der Waals surface area (Å²) in [5.74, 6) is 6.83. The van der Waals surface area contributed by atoms with Gasteiger partial charge in [-0.15, -0.1) is 0 Å². The number of thioether (sulfide) groups is 1. The summed E-state index contributed by atoms with van der Waals surface area (Å²) >= 11 is 2.24. The maximum Gasteiger partial charge on any atom is -0.00675 e. The highest BCUT2D eigenvalue weighted by atomic mass is 32.2. The second-order valence-corrected chi connectivity index (χ2v) is 19.5. The highest BCUT2D eigenvalue weighted by molar-refractivity contribution is 7.99. The lowest BCUT2D eigenvalue weighted by Gasteiger charge is -2.40. The average molecular weight is 647 g/mol. The van der Waals surface area contributed by atoms with Crippen molar-refractivity contribution in [3.05, 3.63) is 0 Å². The fourth-order valence-corrected chi connectivity index (χ4v) is 10.6. The Bertz CT molecular complexity index is 597. The quantitative estimate of drug-likeness (QED) is 0.0843. The molecule has 268 valence electrons. The molecule has 0 aromatic rings. The molecule has 4 unspecified atom stereocenters. The summed E-state index contributed by atoms with van der Waals surface area (Å²) < 4.78 is 0. The minimum absolute atomic E-state index is 0.521. The van der Waals surface area contributed by atoms with Crippen LogP contribution in [0.2, 0.25) is 0 Å². The molecule has 2 rings (SSSR count). The Labute approximate surface area is 291 Å². The van der Waals surface area contributed by atoms with Crippen LogP contribution >= 0.6 is 11.8 Å². The van der Waals surface area contributed by atoms with Gasteiger partial charge in [0.15, 0.2) is 0 Å². The van der Waals surface area contributed by atoms with Gasteiger partial charge in [-0.05, 0) is 71.7 Å². The first-order valence-corrected chi connectivity index (χ1v) is 22.4. The minimum atomic E-state index is 0.521. The van der Waals surface area contributed by atoms with Crippen molar-refractivity contribution in [2.24, 2.45) is 34.5 Å². The molecular formula is C44H86S. The summed E-state index contributed by atoms with van der Waals surface area (Å²) in [5.41, 5.74) is 1.04. The van der Waals surface area contributed by atoms with Gasteiger partial charge in [0.05, 0.1) is 0 Å². The van der Waals surface area contributed by atoms with Crippen molar-refractivity contribution in [1.29, 1.82) is 0 Å². The molecule has 2 aliphatic rings. The molecule has 4 atom stereocenters. The zero-order chi connectivity index (χ0) is 32.6. The van der Waals surface area contributed by atoms with Gasteiger partial charge < -0.3 is 0 Å². The molecule has 0 radical (unpaired) electrons. The summed E-state index contributed by atoms with van der Waals surface area (Å²) in [6.07, 6.45) is 44.7. The van der Waals surface area contributed by atoms with Crippen LogP contribution in [0.1, 0.15) is 234 Å². The maximum absolute atomic E-state index is 2.49. The third-order valence-corrected chi connectivity index (χ3v) is 13.4. The van der Waals surface area contributed by atoms with Crippen molar-refractivity contribution in [3.63, 3.8) is 0 Å². The molecule has 0 aromatic carbocycles. The van der Waals surface area contributed by atoms with E-state index in [1.165, 1.54) is 204 Å². The van der Waals surface area contributed by atoms with Crippen LogP contribution in [-0.4, -0.2) is 11.5 Å². The second kappa shape index (κ2) is 25.3. The van der Waals surface area contributed by atoms with Crippen molar-refractivity contribution in [2.45, 2.75) is 234 Å². The van der Waals surface area contributed by atoms with E-state index in [4.69, 9.17) is 0 Å². The molecule has 2 aliphatic carbocycles. The van der Waals surface area contributed by atoms with E-state index in [1.807, 2.05) is 0 Å². The molecule has 2 saturated carbocycles. The first kappa shape index (κ1) is 41.5. The Kier molecular flexibility index (Phi) is 23.4. The van der Waals surface area contributed by atoms with Gasteiger partial charge in [-0.25, -0.2) is 0 Å². The van der Waals surface area contributed by atoms with Crippen LogP contribution in [-0.2, 0) is 0 Å². The van der Waals surface area contributed by atoms with Gasteiger partial charge in [0.1, 0.15) is 0 Å². The van der Waals surface area contributed by atoms with E-state index < -0.39 is 0 Å². The van der Waals surface area contributed by atoms with Gasteiger partial charge in [-0.1, -0.05) is 208 Å². The molecule has 1 heteroatoms. The van der Waals surface area contributed by atoms with E-state index in [0.717, 1.165) is 23.7 Å². The molecule has 0 N–H and O–H groups in total. The van der Waals surface area contributed by atoms with E-state index in [9.17, 15) is 0 Å². The summed E-state index contributed by atoms with van der Waals surface area (Å²) in [6.45, 7) is 14.9. The molecule has 0 aliphatic heterocycles. The standard InChI is InChI=1S/C44H86S/c1-43(2,3)41-35-27-25-33-39(41)31-23-19-15-11-7-9-13-17-21-29-37-45-38-30-22-18-14-10-8-12-16-20-24-32-40-34-26-28-36-42(40)44(4,5)6/h39-42H,7-38H2,1-6H3. The maximum atomic E-state index is 2.49. The second-order valence-electron chi connectivity index (χ2n) is 18.3. The Morgan fingerprint density at radius 2 is 0.622 bits per heavy atom. The van der Waals surface area contributed by atoms with Gasteiger partial charge in [0, 0.05) is 0 Å². The smallest absolute Gasteiger partial charge is 0.00675 e. The van der Waals surface area contributed by atoms with Gasteiger partial charge in [-0.2, -0.15) is 11.8 Å². The minimum Gasteiger partial charge on any atom is -0.162 e. The lowest BCUT2D eigenvalue weighted by Crippen LogP contribution is -2.31. The summed E-state index contributed by atoms with van der Waals surface area (Å²) in [4.78, 5) is 0. The molecule has 0 amide bonds. The first-order chi connectivity index (χ1) is 21.7. The predicted molar refractivity (Wildman–Crippen MR) is 209 cm³/mol. The van der Waals surface area contributed by atoms with Gasteiger partial charge >= 0.3 is 0 Å². The Morgan fingerprint density at radius 3 is 0.933 bits per heavy atom. The van der Waals surface area contributed by atoms with Gasteiger partial charge in [0.25, 0.3) is 0 Å². The van der Waals surface area contributed by atoms with Crippen molar-refractivity contribution < 1.29 is 0 Å². The number of hydrogen-bond donors (Lipinski definition) is 0. The Morgan fingerprint density at radius 1 is 0.356 bits per heavy atom. The molecular weight excluding hydrogens is 561 g/mol. The third-order valence-electron chi connectivity index (χ3n) is 12.3. The number of hydrogen-bond acceptors (Lipinski definition) is 1. The van der Waals surface area contributed by atoms with Crippen molar-refractivity contribution in [1.82, 2.24) is 0 Å². The number of unbranched alkanes of at least 4 members (excludes halogenated alkanes) is 18. The predicted octanol–water partition coefficient (Wildman–Crippen LogP) is 16.0. The van der Waals surface area contributed by atoms with E-state index in [0.29, 0.717) is 10.8 Å². The van der Waals surface area contributed by atoms with Crippen molar-refractivity contribution in [3.8, 4) is 0 Å². The van der Waals surface area contributed by atoms with E-state index in [2.05, 4.69) is 53.3 Å². The van der Waals surface area contributed by atoms with Crippen LogP contribution in [0.4, 0.5) is 0 Å². The van der Waals surface area contributed by atoms with E-state index >= 15 is 0 Å². The van der Waals surface area contributed by atoms with Crippen molar-refractivity contribution in [2.75, 3.05) is 11.5 Å². The van der Waals surface area contributed by atoms with Crippen LogP contribution in [0.25, 0.3) is 0 Å². The van der Waals surface area contributed by atoms with Crippen molar-refractivity contribution >= 4 is 11.8 Å². The fourth-order valence-electron chi connectivity index (χ4n) is 9.54. The lowest BCUT2D eigenvalue weighted by molar-refractivity contribution is 0.0994. The van der Waals surface area contributed by atoms with Crippen LogP contribution in [0.3, 0.4) is 0 Å². The SMILES string of the molecule is CC(C)(C)C1CCCCC1CCCCCCCCCCCCSCCCCCCCCCCCCC1CCCCC1C(C)(C)C. The molecule has 0 saturated heterocycles. The largest absolute Gasteiger partial charge is 0.162 e. The monoisotopic (exact) mass is 647 g/mol. The van der Waals surface area contributed by atoms with Crippen LogP contribution in [0, 0.1) is 34.5 Å². The molecule has 0 bridgehead atoms. The first-order valence-electron chi connectivity index (χ1n) is 21.3. The molecule has 0 nitrogen and oxygen atoms in total. The van der Waals surface area contributed by atoms with Gasteiger partial charge in [-0.3, -0.25) is 0 Å². The van der Waals surface area contributed by atoms with E-state index in [1.54, 1.807) is 0 Å². The Balaban J connectivity index is 1.23. The Hall–Kier alpha value is 0.350. The van der Waals surface area contributed by atoms with Gasteiger partial charge in [0.2, 0.25) is 0 Å². The highest BCUT2D eigenvalue weighted by Crippen LogP contribution is 2.45. The number of rotatable bonds is 26. The molecule has 0 aromatic heterocycles. The van der Waals surface area contributed by atoms with Crippen LogP contribution in [0.15, 0.2) is 0 Å². The lowest BCUT2D eigenvalue weighted by atomic mass is 9.65. The molecule has 45 heavy (non-hydrogen) atoms. The van der Waals surface area contributed by atoms with Crippen LogP contribution < -0.4 is 0 Å². The summed E-state index contributed by atoms with van der Waals surface area (Å²) in [7, 11) is 0. The summed E-state index contributed by atoms with van der Waals surface area (Å²) in [6, 6.07) is 0. The normalized spacial score (nSPS) is 23.1. The van der Waals surface area contributed by atoms with Crippen LogP contribution in [0.5, 0.6) is 0 Å². The van der Waals surface area contributed by atoms with E-state index in [-0.39, 0.29) is 0 Å². The average Bonchev–Trinajstić information content (AvgIpc) is 3.00. The molecule has 0 heterocycles. The molecule has 0 spiro atoms. The highest BCUT2D eigenvalue weighted by Gasteiger charge is 2.34.